The molecule has 2 fully saturated rings. The lowest BCUT2D eigenvalue weighted by Crippen LogP contribution is -2.43. The van der Waals surface area contributed by atoms with E-state index < -0.39 is 0 Å². The molecule has 6 rings (SSSR count). The number of hydrogen-bond acceptors (Lipinski definition) is 6. The first-order chi connectivity index (χ1) is 16.6. The summed E-state index contributed by atoms with van der Waals surface area (Å²) in [4.78, 5) is 24.7. The molecule has 0 spiro atoms. The first-order valence-electron chi connectivity index (χ1n) is 11.5. The van der Waals surface area contributed by atoms with E-state index in [9.17, 15) is 14.3 Å². The second-order valence-corrected chi connectivity index (χ2v) is 8.75. The van der Waals surface area contributed by atoms with Crippen LogP contribution < -0.4 is 9.80 Å². The maximum atomic E-state index is 13.8. The molecule has 1 amide bonds. The molecule has 2 aromatic heterocycles. The lowest BCUT2D eigenvalue weighted by Gasteiger charge is -2.30. The van der Waals surface area contributed by atoms with Gasteiger partial charge in [0.2, 0.25) is 11.6 Å². The number of carbonyl (C=O) groups is 1. The fraction of sp³-hybridized carbons (Fsp3) is 0.269. The van der Waals surface area contributed by atoms with Gasteiger partial charge in [-0.25, -0.2) is 14.4 Å². The minimum absolute atomic E-state index is 0.120. The number of amides is 1. The topological polar surface area (TPSA) is 82.7 Å². The third kappa shape index (κ3) is 3.51. The van der Waals surface area contributed by atoms with Crippen molar-refractivity contribution >= 4 is 28.5 Å². The zero-order chi connectivity index (χ0) is 23.2. The molecule has 0 bridgehead atoms. The molecule has 0 atom stereocenters. The molecular weight excluding hydrogens is 435 g/mol. The van der Waals surface area contributed by atoms with E-state index in [0.717, 1.165) is 40.1 Å². The van der Waals surface area contributed by atoms with Crippen LogP contribution >= 0.6 is 0 Å². The van der Waals surface area contributed by atoms with Gasteiger partial charge in [0, 0.05) is 42.9 Å². The fourth-order valence-corrected chi connectivity index (χ4v) is 4.71. The number of benzene rings is 2. The second kappa shape index (κ2) is 8.22. The summed E-state index contributed by atoms with van der Waals surface area (Å²) in [6, 6.07) is 14.0. The summed E-state index contributed by atoms with van der Waals surface area (Å²) in [6.45, 7) is 2.08. The lowest BCUT2D eigenvalue weighted by molar-refractivity contribution is -0.122. The summed E-state index contributed by atoms with van der Waals surface area (Å²) in [5, 5.41) is 10.7. The van der Waals surface area contributed by atoms with E-state index in [1.807, 2.05) is 24.3 Å². The van der Waals surface area contributed by atoms with Gasteiger partial charge in [0.1, 0.15) is 23.7 Å². The molecule has 4 heterocycles. The minimum Gasteiger partial charge on any atom is -0.437 e. The third-order valence-corrected chi connectivity index (χ3v) is 6.66. The van der Waals surface area contributed by atoms with E-state index in [1.165, 1.54) is 18.5 Å². The van der Waals surface area contributed by atoms with Crippen LogP contribution in [0.4, 0.5) is 15.9 Å². The normalized spacial score (nSPS) is 16.8. The predicted molar refractivity (Wildman–Crippen MR) is 127 cm³/mol. The summed E-state index contributed by atoms with van der Waals surface area (Å²) >= 11 is 0. The molecular formula is C26H23FN4O3. The molecule has 172 valence electrons. The van der Waals surface area contributed by atoms with Gasteiger partial charge in [-0.1, -0.05) is 12.1 Å². The zero-order valence-electron chi connectivity index (χ0n) is 18.4. The van der Waals surface area contributed by atoms with Crippen molar-refractivity contribution in [3.05, 3.63) is 60.7 Å². The number of aromatic nitrogens is 2. The summed E-state index contributed by atoms with van der Waals surface area (Å²) in [5.41, 5.74) is 3.73. The summed E-state index contributed by atoms with van der Waals surface area (Å²) in [7, 11) is 0. The van der Waals surface area contributed by atoms with Gasteiger partial charge >= 0.3 is 0 Å². The van der Waals surface area contributed by atoms with Crippen molar-refractivity contribution in [1.82, 2.24) is 9.97 Å². The predicted octanol–water partition coefficient (Wildman–Crippen LogP) is 4.39. The molecule has 2 aromatic carbocycles. The van der Waals surface area contributed by atoms with E-state index in [-0.39, 0.29) is 17.8 Å². The van der Waals surface area contributed by atoms with Crippen LogP contribution in [0.15, 0.2) is 59.3 Å². The number of anilines is 2. The van der Waals surface area contributed by atoms with E-state index in [2.05, 4.69) is 14.9 Å². The van der Waals surface area contributed by atoms with Crippen LogP contribution in [0.1, 0.15) is 19.3 Å². The molecule has 2 aliphatic heterocycles. The van der Waals surface area contributed by atoms with E-state index in [4.69, 9.17) is 4.42 Å². The Labute approximate surface area is 195 Å². The summed E-state index contributed by atoms with van der Waals surface area (Å²) in [6.07, 6.45) is 3.09. The zero-order valence-corrected chi connectivity index (χ0v) is 18.4. The van der Waals surface area contributed by atoms with Gasteiger partial charge in [0.25, 0.3) is 0 Å². The minimum atomic E-state index is -0.317. The molecule has 7 nitrogen and oxygen atoms in total. The van der Waals surface area contributed by atoms with Crippen LogP contribution in [-0.4, -0.2) is 46.7 Å². The van der Waals surface area contributed by atoms with Crippen molar-refractivity contribution in [3.8, 4) is 22.5 Å². The average Bonchev–Trinajstić information content (AvgIpc) is 3.24. The highest BCUT2D eigenvalue weighted by atomic mass is 19.1. The van der Waals surface area contributed by atoms with Gasteiger partial charge in [0.15, 0.2) is 0 Å². The monoisotopic (exact) mass is 458 g/mol. The van der Waals surface area contributed by atoms with E-state index in [0.29, 0.717) is 43.8 Å². The van der Waals surface area contributed by atoms with Crippen molar-refractivity contribution in [2.24, 2.45) is 0 Å². The number of β-lactam (4-membered cyclic amide) rings is 1. The number of fused-ring (bicyclic) bond motifs is 1. The third-order valence-electron chi connectivity index (χ3n) is 6.66. The van der Waals surface area contributed by atoms with Gasteiger partial charge in [-0.2, -0.15) is 0 Å². The van der Waals surface area contributed by atoms with E-state index >= 15 is 0 Å². The largest absolute Gasteiger partial charge is 0.437 e. The average molecular weight is 458 g/mol. The Balaban J connectivity index is 1.51. The van der Waals surface area contributed by atoms with Gasteiger partial charge in [0.05, 0.1) is 11.5 Å². The fourth-order valence-electron chi connectivity index (χ4n) is 4.71. The van der Waals surface area contributed by atoms with Crippen LogP contribution in [0, 0.1) is 5.82 Å². The molecule has 8 heteroatoms. The number of aliphatic hydroxyl groups is 1. The summed E-state index contributed by atoms with van der Waals surface area (Å²) < 4.78 is 20.0. The highest BCUT2D eigenvalue weighted by Crippen LogP contribution is 2.44. The van der Waals surface area contributed by atoms with Crippen molar-refractivity contribution in [2.75, 3.05) is 29.4 Å². The van der Waals surface area contributed by atoms with Gasteiger partial charge < -0.3 is 19.3 Å². The van der Waals surface area contributed by atoms with Crippen LogP contribution in [0.2, 0.25) is 0 Å². The Morgan fingerprint density at radius 3 is 2.29 bits per heavy atom. The molecule has 0 radical (unpaired) electrons. The number of piperidine rings is 1. The lowest BCUT2D eigenvalue weighted by atomic mass is 9.98. The standard InChI is InChI=1S/C26H23FN4O3/c27-18-5-1-16(2-6-18)22-23-25(30-12-9-20(32)10-13-30)28-15-29-26(23)34-24(22)17-3-7-19(8-4-17)31-14-11-21(31)33/h1-8,15,20,32H,9-14H2. The smallest absolute Gasteiger partial charge is 0.232 e. The summed E-state index contributed by atoms with van der Waals surface area (Å²) in [5.74, 6) is 1.16. The van der Waals surface area contributed by atoms with Crippen molar-refractivity contribution in [2.45, 2.75) is 25.4 Å². The Bertz CT molecular complexity index is 1360. The highest BCUT2D eigenvalue weighted by molar-refractivity contribution is 6.06. The number of halogens is 1. The maximum absolute atomic E-state index is 13.8. The number of carbonyl (C=O) groups excluding carboxylic acids is 1. The highest BCUT2D eigenvalue weighted by Gasteiger charge is 2.28. The molecule has 34 heavy (non-hydrogen) atoms. The van der Waals surface area contributed by atoms with Crippen LogP contribution in [0.3, 0.4) is 0 Å². The number of aliphatic hydroxyl groups excluding tert-OH is 1. The first-order valence-corrected chi connectivity index (χ1v) is 11.5. The maximum Gasteiger partial charge on any atom is 0.232 e. The Morgan fingerprint density at radius 1 is 0.941 bits per heavy atom. The van der Waals surface area contributed by atoms with Crippen molar-refractivity contribution in [1.29, 1.82) is 0 Å². The Hall–Kier alpha value is -3.78. The molecule has 2 saturated heterocycles. The molecule has 0 aliphatic carbocycles. The molecule has 0 unspecified atom stereocenters. The molecule has 4 aromatic rings. The van der Waals surface area contributed by atoms with Crippen LogP contribution in [0.5, 0.6) is 0 Å². The molecule has 1 N–H and O–H groups in total. The number of nitrogens with zero attached hydrogens (tertiary/aromatic N) is 4. The number of rotatable bonds is 4. The van der Waals surface area contributed by atoms with Crippen molar-refractivity contribution in [3.63, 3.8) is 0 Å². The Morgan fingerprint density at radius 2 is 1.65 bits per heavy atom. The first kappa shape index (κ1) is 20.8. The van der Waals surface area contributed by atoms with Crippen LogP contribution in [0.25, 0.3) is 33.6 Å². The SMILES string of the molecule is O=C1CCN1c1ccc(-c2oc3ncnc(N4CCC(O)CC4)c3c2-c2ccc(F)cc2)cc1. The second-order valence-electron chi connectivity index (χ2n) is 8.75. The number of furan rings is 1. The molecule has 2 aliphatic rings. The van der Waals surface area contributed by atoms with E-state index in [1.54, 1.807) is 17.0 Å². The molecule has 0 saturated carbocycles. The van der Waals surface area contributed by atoms with Gasteiger partial charge in [-0.3, -0.25) is 4.79 Å². The van der Waals surface area contributed by atoms with Gasteiger partial charge in [-0.05, 0) is 54.8 Å². The van der Waals surface area contributed by atoms with Gasteiger partial charge in [-0.15, -0.1) is 0 Å². The quantitative estimate of drug-likeness (QED) is 0.457. The Kier molecular flexibility index (Phi) is 5.03. The van der Waals surface area contributed by atoms with Crippen molar-refractivity contribution < 1.29 is 18.7 Å². The van der Waals surface area contributed by atoms with Crippen LogP contribution in [-0.2, 0) is 4.79 Å². The number of hydrogen-bond donors (Lipinski definition) is 1.